The molecule has 3 nitrogen and oxygen atoms in total. The van der Waals surface area contributed by atoms with E-state index in [0.29, 0.717) is 6.54 Å². The van der Waals surface area contributed by atoms with Gasteiger partial charge in [0.05, 0.1) is 6.61 Å². The highest BCUT2D eigenvalue weighted by Gasteiger charge is 2.14. The predicted octanol–water partition coefficient (Wildman–Crippen LogP) is 2.09. The van der Waals surface area contributed by atoms with Gasteiger partial charge in [-0.25, -0.2) is 0 Å². The second-order valence-electron chi connectivity index (χ2n) is 4.10. The molecule has 1 aromatic carbocycles. The molecule has 88 valence electrons. The van der Waals surface area contributed by atoms with Crippen LogP contribution in [0.3, 0.4) is 0 Å². The van der Waals surface area contributed by atoms with Gasteiger partial charge in [0.25, 0.3) is 0 Å². The Labute approximate surface area is 96.5 Å². The first kappa shape index (κ1) is 11.4. The van der Waals surface area contributed by atoms with Gasteiger partial charge in [-0.05, 0) is 43.5 Å². The summed E-state index contributed by atoms with van der Waals surface area (Å²) in [5.74, 6) is 0.887. The summed E-state index contributed by atoms with van der Waals surface area (Å²) in [6.45, 7) is 1.48. The Morgan fingerprint density at radius 1 is 1.38 bits per heavy atom. The maximum atomic E-state index is 5.78. The number of nitrogens with two attached hydrogens (primary N) is 1. The van der Waals surface area contributed by atoms with Gasteiger partial charge in [0.15, 0.2) is 6.29 Å². The Kier molecular flexibility index (Phi) is 4.19. The summed E-state index contributed by atoms with van der Waals surface area (Å²) >= 11 is 0. The summed E-state index contributed by atoms with van der Waals surface area (Å²) < 4.78 is 11.3. The van der Waals surface area contributed by atoms with Gasteiger partial charge < -0.3 is 15.2 Å². The molecule has 2 N–H and O–H groups in total. The van der Waals surface area contributed by atoms with Gasteiger partial charge in [-0.3, -0.25) is 0 Å². The highest BCUT2D eigenvalue weighted by molar-refractivity contribution is 5.28. The fourth-order valence-corrected chi connectivity index (χ4v) is 1.90. The van der Waals surface area contributed by atoms with Crippen molar-refractivity contribution in [1.82, 2.24) is 0 Å². The van der Waals surface area contributed by atoms with E-state index in [-0.39, 0.29) is 6.29 Å². The minimum absolute atomic E-state index is 0.0677. The first-order chi connectivity index (χ1) is 7.88. The molecule has 1 heterocycles. The summed E-state index contributed by atoms with van der Waals surface area (Å²) in [6.07, 6.45) is 4.14. The van der Waals surface area contributed by atoms with Crippen LogP contribution in [-0.4, -0.2) is 19.4 Å². The second-order valence-corrected chi connectivity index (χ2v) is 4.10. The fourth-order valence-electron chi connectivity index (χ4n) is 1.90. The molecule has 1 saturated heterocycles. The zero-order chi connectivity index (χ0) is 11.2. The number of rotatable bonds is 4. The molecule has 0 radical (unpaired) electrons. The molecule has 1 aliphatic heterocycles. The monoisotopic (exact) mass is 221 g/mol. The van der Waals surface area contributed by atoms with Crippen LogP contribution in [0, 0.1) is 0 Å². The van der Waals surface area contributed by atoms with E-state index < -0.39 is 0 Å². The molecule has 0 bridgehead atoms. The molecule has 0 amide bonds. The average molecular weight is 221 g/mol. The van der Waals surface area contributed by atoms with Crippen molar-refractivity contribution < 1.29 is 9.47 Å². The normalized spacial score (nSPS) is 20.7. The third-order valence-corrected chi connectivity index (χ3v) is 2.74. The fraction of sp³-hybridized carbons (Fsp3) is 0.538. The highest BCUT2D eigenvalue weighted by Crippen LogP contribution is 2.20. The molecule has 3 heteroatoms. The standard InChI is InChI=1S/C13H19NO2/c14-8-7-11-4-3-5-12(10-11)16-13-6-1-2-9-15-13/h3-5,10,13H,1-2,6-9,14H2. The quantitative estimate of drug-likeness (QED) is 0.846. The zero-order valence-electron chi connectivity index (χ0n) is 9.52. The summed E-state index contributed by atoms with van der Waals surface area (Å²) in [4.78, 5) is 0. The van der Waals surface area contributed by atoms with Crippen molar-refractivity contribution in [3.63, 3.8) is 0 Å². The number of hydrogen-bond donors (Lipinski definition) is 1. The third-order valence-electron chi connectivity index (χ3n) is 2.74. The SMILES string of the molecule is NCCc1cccc(OC2CCCCO2)c1. The smallest absolute Gasteiger partial charge is 0.199 e. The minimum atomic E-state index is -0.0677. The van der Waals surface area contributed by atoms with Crippen molar-refractivity contribution in [2.75, 3.05) is 13.2 Å². The predicted molar refractivity (Wildman–Crippen MR) is 63.4 cm³/mol. The molecular formula is C13H19NO2. The van der Waals surface area contributed by atoms with E-state index in [1.807, 2.05) is 18.2 Å². The lowest BCUT2D eigenvalue weighted by Gasteiger charge is -2.23. The molecule has 1 aromatic rings. The Bertz CT molecular complexity index is 321. The third kappa shape index (κ3) is 3.22. The van der Waals surface area contributed by atoms with Crippen LogP contribution in [0.25, 0.3) is 0 Å². The van der Waals surface area contributed by atoms with Crippen LogP contribution in [0.1, 0.15) is 24.8 Å². The van der Waals surface area contributed by atoms with Gasteiger partial charge >= 0.3 is 0 Å². The molecule has 0 spiro atoms. The van der Waals surface area contributed by atoms with E-state index >= 15 is 0 Å². The molecule has 0 aromatic heterocycles. The molecule has 0 aliphatic carbocycles. The van der Waals surface area contributed by atoms with Gasteiger partial charge in [0.2, 0.25) is 0 Å². The lowest BCUT2D eigenvalue weighted by molar-refractivity contribution is -0.105. The van der Waals surface area contributed by atoms with E-state index in [2.05, 4.69) is 6.07 Å². The summed E-state index contributed by atoms with van der Waals surface area (Å²) in [6, 6.07) is 8.09. The van der Waals surface area contributed by atoms with Crippen molar-refractivity contribution in [2.45, 2.75) is 32.0 Å². The van der Waals surface area contributed by atoms with E-state index in [0.717, 1.165) is 31.6 Å². The van der Waals surface area contributed by atoms with Crippen molar-refractivity contribution in [2.24, 2.45) is 5.73 Å². The van der Waals surface area contributed by atoms with Crippen LogP contribution in [0.2, 0.25) is 0 Å². The molecule has 2 rings (SSSR count). The highest BCUT2D eigenvalue weighted by atomic mass is 16.7. The molecule has 16 heavy (non-hydrogen) atoms. The van der Waals surface area contributed by atoms with Gasteiger partial charge in [0.1, 0.15) is 5.75 Å². The first-order valence-electron chi connectivity index (χ1n) is 5.96. The zero-order valence-corrected chi connectivity index (χ0v) is 9.52. The van der Waals surface area contributed by atoms with Crippen molar-refractivity contribution in [3.8, 4) is 5.75 Å². The van der Waals surface area contributed by atoms with Crippen molar-refractivity contribution in [3.05, 3.63) is 29.8 Å². The lowest BCUT2D eigenvalue weighted by Crippen LogP contribution is -2.25. The topological polar surface area (TPSA) is 44.5 Å². The first-order valence-corrected chi connectivity index (χ1v) is 5.96. The van der Waals surface area contributed by atoms with Gasteiger partial charge in [-0.15, -0.1) is 0 Å². The molecule has 0 saturated carbocycles. The van der Waals surface area contributed by atoms with E-state index in [1.54, 1.807) is 0 Å². The summed E-state index contributed by atoms with van der Waals surface area (Å²) in [5.41, 5.74) is 6.75. The van der Waals surface area contributed by atoms with Crippen LogP contribution >= 0.6 is 0 Å². The Hall–Kier alpha value is -1.06. The Balaban J connectivity index is 1.94. The van der Waals surface area contributed by atoms with Crippen LogP contribution in [-0.2, 0) is 11.2 Å². The molecule has 1 aliphatic rings. The summed E-state index contributed by atoms with van der Waals surface area (Å²) in [7, 11) is 0. The van der Waals surface area contributed by atoms with Gasteiger partial charge in [-0.2, -0.15) is 0 Å². The largest absolute Gasteiger partial charge is 0.465 e. The second kappa shape index (κ2) is 5.87. The molecular weight excluding hydrogens is 202 g/mol. The Morgan fingerprint density at radius 3 is 3.06 bits per heavy atom. The molecule has 1 unspecified atom stereocenters. The van der Waals surface area contributed by atoms with Crippen LogP contribution < -0.4 is 10.5 Å². The number of ether oxygens (including phenoxy) is 2. The molecule has 1 atom stereocenters. The van der Waals surface area contributed by atoms with Crippen LogP contribution in [0.5, 0.6) is 5.75 Å². The van der Waals surface area contributed by atoms with Gasteiger partial charge in [-0.1, -0.05) is 12.1 Å². The minimum Gasteiger partial charge on any atom is -0.465 e. The maximum absolute atomic E-state index is 5.78. The average Bonchev–Trinajstić information content (AvgIpc) is 2.31. The van der Waals surface area contributed by atoms with E-state index in [9.17, 15) is 0 Å². The van der Waals surface area contributed by atoms with Crippen LogP contribution in [0.15, 0.2) is 24.3 Å². The maximum Gasteiger partial charge on any atom is 0.199 e. The summed E-state index contributed by atoms with van der Waals surface area (Å²) in [5, 5.41) is 0. The van der Waals surface area contributed by atoms with Crippen molar-refractivity contribution in [1.29, 1.82) is 0 Å². The van der Waals surface area contributed by atoms with Gasteiger partial charge in [0, 0.05) is 6.42 Å². The molecule has 1 fully saturated rings. The van der Waals surface area contributed by atoms with Crippen molar-refractivity contribution >= 4 is 0 Å². The lowest BCUT2D eigenvalue weighted by atomic mass is 10.1. The Morgan fingerprint density at radius 2 is 2.31 bits per heavy atom. The van der Waals surface area contributed by atoms with E-state index in [1.165, 1.54) is 12.0 Å². The van der Waals surface area contributed by atoms with E-state index in [4.69, 9.17) is 15.2 Å². The number of benzene rings is 1. The van der Waals surface area contributed by atoms with Crippen LogP contribution in [0.4, 0.5) is 0 Å². The number of hydrogen-bond acceptors (Lipinski definition) is 3.